The highest BCUT2D eigenvalue weighted by atomic mass is 16.4. The maximum absolute atomic E-state index is 10.7. The zero-order chi connectivity index (χ0) is 9.31. The van der Waals surface area contributed by atoms with E-state index in [4.69, 9.17) is 5.11 Å². The van der Waals surface area contributed by atoms with Crippen molar-refractivity contribution in [3.8, 4) is 0 Å². The molecule has 13 heavy (non-hydrogen) atoms. The summed E-state index contributed by atoms with van der Waals surface area (Å²) in [6.07, 6.45) is 2.80. The highest BCUT2D eigenvalue weighted by Gasteiger charge is 2.38. The minimum atomic E-state index is -0.838. The molecule has 0 aromatic heterocycles. The van der Waals surface area contributed by atoms with Gasteiger partial charge in [0.2, 0.25) is 0 Å². The van der Waals surface area contributed by atoms with Gasteiger partial charge < -0.3 is 10.4 Å². The maximum atomic E-state index is 10.7. The van der Waals surface area contributed by atoms with E-state index in [-0.39, 0.29) is 5.41 Å². The van der Waals surface area contributed by atoms with E-state index < -0.39 is 5.97 Å². The first-order valence-electron chi connectivity index (χ1n) is 4.69. The molecule has 72 valence electrons. The molecule has 2 rings (SSSR count). The van der Waals surface area contributed by atoms with Crippen molar-refractivity contribution in [3.63, 3.8) is 0 Å². The van der Waals surface area contributed by atoms with E-state index in [2.05, 4.69) is 10.3 Å². The van der Waals surface area contributed by atoms with Crippen molar-refractivity contribution in [2.75, 3.05) is 19.6 Å². The number of rotatable bonds is 1. The lowest BCUT2D eigenvalue weighted by Crippen LogP contribution is -2.38. The number of nitrogens with one attached hydrogen (secondary N) is 1. The van der Waals surface area contributed by atoms with Gasteiger partial charge in [-0.05, 0) is 31.3 Å². The summed E-state index contributed by atoms with van der Waals surface area (Å²) in [6.45, 7) is 2.72. The van der Waals surface area contributed by atoms with Crippen LogP contribution in [0.4, 0.5) is 0 Å². The van der Waals surface area contributed by atoms with Crippen LogP contribution in [-0.4, -0.2) is 36.4 Å². The monoisotopic (exact) mass is 182 g/mol. The van der Waals surface area contributed by atoms with E-state index >= 15 is 0 Å². The van der Waals surface area contributed by atoms with E-state index in [1.807, 2.05) is 0 Å². The lowest BCUT2D eigenvalue weighted by atomic mass is 9.77. The SMILES string of the molecule is O=C(O)C1=NCC2(CCNCC2)C1. The third-order valence-electron chi connectivity index (χ3n) is 3.06. The molecule has 4 heteroatoms. The summed E-state index contributed by atoms with van der Waals surface area (Å²) in [4.78, 5) is 14.8. The molecule has 1 fully saturated rings. The third kappa shape index (κ3) is 1.58. The molecule has 2 heterocycles. The van der Waals surface area contributed by atoms with Gasteiger partial charge in [-0.3, -0.25) is 4.99 Å². The first-order chi connectivity index (χ1) is 6.22. The summed E-state index contributed by atoms with van der Waals surface area (Å²) in [6, 6.07) is 0. The lowest BCUT2D eigenvalue weighted by Gasteiger charge is -2.32. The molecule has 0 bridgehead atoms. The Hall–Kier alpha value is -0.900. The van der Waals surface area contributed by atoms with Gasteiger partial charge in [0.1, 0.15) is 5.71 Å². The summed E-state index contributed by atoms with van der Waals surface area (Å²) < 4.78 is 0. The Balaban J connectivity index is 2.02. The van der Waals surface area contributed by atoms with Gasteiger partial charge in [0.05, 0.1) is 0 Å². The molecule has 0 unspecified atom stereocenters. The van der Waals surface area contributed by atoms with Crippen LogP contribution in [0.5, 0.6) is 0 Å². The quantitative estimate of drug-likeness (QED) is 0.612. The van der Waals surface area contributed by atoms with Crippen molar-refractivity contribution < 1.29 is 9.90 Å². The molecule has 0 aromatic carbocycles. The molecule has 0 atom stereocenters. The molecule has 0 saturated carbocycles. The number of carbonyl (C=O) groups is 1. The molecule has 4 nitrogen and oxygen atoms in total. The summed E-state index contributed by atoms with van der Waals surface area (Å²) in [7, 11) is 0. The minimum Gasteiger partial charge on any atom is -0.477 e. The van der Waals surface area contributed by atoms with Crippen LogP contribution >= 0.6 is 0 Å². The fourth-order valence-corrected chi connectivity index (χ4v) is 2.17. The molecule has 2 aliphatic heterocycles. The lowest BCUT2D eigenvalue weighted by molar-refractivity contribution is -0.129. The number of carboxylic acid groups (broad SMARTS) is 1. The van der Waals surface area contributed by atoms with Crippen molar-refractivity contribution >= 4 is 11.7 Å². The molecule has 1 saturated heterocycles. The van der Waals surface area contributed by atoms with Crippen LogP contribution in [0.3, 0.4) is 0 Å². The van der Waals surface area contributed by atoms with Gasteiger partial charge in [0.25, 0.3) is 0 Å². The third-order valence-corrected chi connectivity index (χ3v) is 3.06. The second-order valence-corrected chi connectivity index (χ2v) is 3.99. The molecular weight excluding hydrogens is 168 g/mol. The highest BCUT2D eigenvalue weighted by molar-refractivity contribution is 6.36. The van der Waals surface area contributed by atoms with Gasteiger partial charge in [-0.1, -0.05) is 0 Å². The predicted octanol–water partition coefficient (Wildman–Crippen LogP) is 0.285. The number of carboxylic acids is 1. The minimum absolute atomic E-state index is 0.180. The topological polar surface area (TPSA) is 61.7 Å². The first-order valence-corrected chi connectivity index (χ1v) is 4.69. The van der Waals surface area contributed by atoms with Crippen LogP contribution in [0.15, 0.2) is 4.99 Å². The Bertz CT molecular complexity index is 254. The summed E-state index contributed by atoms with van der Waals surface area (Å²) in [5.74, 6) is -0.838. The van der Waals surface area contributed by atoms with Crippen molar-refractivity contribution in [1.82, 2.24) is 5.32 Å². The molecule has 2 N–H and O–H groups in total. The van der Waals surface area contributed by atoms with Gasteiger partial charge >= 0.3 is 5.97 Å². The van der Waals surface area contributed by atoms with Gasteiger partial charge in [-0.2, -0.15) is 0 Å². The molecule has 0 radical (unpaired) electrons. The van der Waals surface area contributed by atoms with Crippen LogP contribution in [0.25, 0.3) is 0 Å². The number of aliphatic carboxylic acids is 1. The average molecular weight is 182 g/mol. The fraction of sp³-hybridized carbons (Fsp3) is 0.778. The van der Waals surface area contributed by atoms with E-state index in [1.54, 1.807) is 0 Å². The second-order valence-electron chi connectivity index (χ2n) is 3.99. The number of piperidine rings is 1. The van der Waals surface area contributed by atoms with E-state index in [1.165, 1.54) is 0 Å². The zero-order valence-electron chi connectivity index (χ0n) is 7.55. The zero-order valence-corrected chi connectivity index (χ0v) is 7.55. The Morgan fingerprint density at radius 1 is 1.46 bits per heavy atom. The molecule has 1 spiro atoms. The van der Waals surface area contributed by atoms with Crippen LogP contribution in [0, 0.1) is 5.41 Å². The predicted molar refractivity (Wildman–Crippen MR) is 49.1 cm³/mol. The van der Waals surface area contributed by atoms with E-state index in [9.17, 15) is 4.79 Å². The Labute approximate surface area is 77.0 Å². The Kier molecular flexibility index (Phi) is 2.07. The molecule has 0 aliphatic carbocycles. The van der Waals surface area contributed by atoms with Crippen molar-refractivity contribution in [3.05, 3.63) is 0 Å². The van der Waals surface area contributed by atoms with Gasteiger partial charge in [0.15, 0.2) is 0 Å². The Morgan fingerprint density at radius 3 is 2.69 bits per heavy atom. The van der Waals surface area contributed by atoms with Crippen LogP contribution in [-0.2, 0) is 4.79 Å². The van der Waals surface area contributed by atoms with Crippen LogP contribution < -0.4 is 5.32 Å². The number of hydrogen-bond donors (Lipinski definition) is 2. The van der Waals surface area contributed by atoms with E-state index in [0.717, 1.165) is 32.5 Å². The summed E-state index contributed by atoms with van der Waals surface area (Å²) in [5.41, 5.74) is 0.556. The van der Waals surface area contributed by atoms with E-state index in [0.29, 0.717) is 12.1 Å². The first kappa shape index (κ1) is 8.69. The van der Waals surface area contributed by atoms with Crippen molar-refractivity contribution in [2.24, 2.45) is 10.4 Å². The van der Waals surface area contributed by atoms with Crippen molar-refractivity contribution in [1.29, 1.82) is 0 Å². The van der Waals surface area contributed by atoms with Crippen molar-refractivity contribution in [2.45, 2.75) is 19.3 Å². The largest absolute Gasteiger partial charge is 0.477 e. The van der Waals surface area contributed by atoms with Gasteiger partial charge in [0, 0.05) is 13.0 Å². The summed E-state index contributed by atoms with van der Waals surface area (Å²) in [5, 5.41) is 12.1. The highest BCUT2D eigenvalue weighted by Crippen LogP contribution is 2.37. The maximum Gasteiger partial charge on any atom is 0.349 e. The number of hydrogen-bond acceptors (Lipinski definition) is 3. The number of nitrogens with zero attached hydrogens (tertiary/aromatic N) is 1. The normalized spacial score (nSPS) is 26.0. The molecule has 0 aromatic rings. The Morgan fingerprint density at radius 2 is 2.15 bits per heavy atom. The standard InChI is InChI=1S/C9H14N2O2/c12-8(13)7-5-9(6-11-7)1-3-10-4-2-9/h10H,1-6H2,(H,12,13). The van der Waals surface area contributed by atoms with Crippen LogP contribution in [0.1, 0.15) is 19.3 Å². The van der Waals surface area contributed by atoms with Gasteiger partial charge in [-0.15, -0.1) is 0 Å². The van der Waals surface area contributed by atoms with Gasteiger partial charge in [-0.25, -0.2) is 4.79 Å². The fourth-order valence-electron chi connectivity index (χ4n) is 2.17. The number of aliphatic imine (C=N–C) groups is 1. The molecule has 0 amide bonds. The van der Waals surface area contributed by atoms with Crippen LogP contribution in [0.2, 0.25) is 0 Å². The smallest absolute Gasteiger partial charge is 0.349 e. The average Bonchev–Trinajstić information content (AvgIpc) is 2.51. The molecular formula is C9H14N2O2. The second kappa shape index (κ2) is 3.10. The summed E-state index contributed by atoms with van der Waals surface area (Å²) >= 11 is 0. The molecule has 2 aliphatic rings.